The second-order valence-electron chi connectivity index (χ2n) is 2.28. The first-order valence-corrected chi connectivity index (χ1v) is 4.24. The van der Waals surface area contributed by atoms with E-state index in [9.17, 15) is 26.3 Å². The fourth-order valence-electron chi connectivity index (χ4n) is 0.655. The van der Waals surface area contributed by atoms with Crippen LogP contribution in [0.2, 0.25) is 0 Å². The van der Waals surface area contributed by atoms with Crippen LogP contribution in [0.4, 0.5) is 26.3 Å². The molecule has 0 aromatic rings. The van der Waals surface area contributed by atoms with Crippen molar-refractivity contribution in [2.75, 3.05) is 0 Å². The normalized spacial score (nSPS) is 48.0. The fourth-order valence-corrected chi connectivity index (χ4v) is 2.27. The van der Waals surface area contributed by atoms with Gasteiger partial charge in [0.15, 0.2) is 0 Å². The van der Waals surface area contributed by atoms with Crippen LogP contribution in [0.1, 0.15) is 0 Å². The summed E-state index contributed by atoms with van der Waals surface area (Å²) in [5, 5.41) is -9.60. The van der Waals surface area contributed by atoms with E-state index in [4.69, 9.17) is 0 Å². The molecule has 0 nitrogen and oxygen atoms in total. The Labute approximate surface area is 82.6 Å². The highest BCUT2D eigenvalue weighted by Crippen LogP contribution is 2.70. The summed E-state index contributed by atoms with van der Waals surface area (Å²) in [5.74, 6) is -5.17. The lowest BCUT2D eigenvalue weighted by Crippen LogP contribution is -2.49. The molecule has 78 valence electrons. The Morgan fingerprint density at radius 2 is 1.23 bits per heavy atom. The van der Waals surface area contributed by atoms with Crippen molar-refractivity contribution in [1.82, 2.24) is 0 Å². The quantitative estimate of drug-likeness (QED) is 0.475. The summed E-state index contributed by atoms with van der Waals surface area (Å²) in [6.45, 7) is 0. The van der Waals surface area contributed by atoms with Gasteiger partial charge in [-0.05, 0) is 11.8 Å². The molecule has 1 rings (SSSR count). The predicted molar refractivity (Wildman–Crippen MR) is 36.9 cm³/mol. The average molecular weight is 265 g/mol. The number of hydrogen-bond acceptors (Lipinski definition) is 1. The van der Waals surface area contributed by atoms with E-state index in [0.717, 1.165) is 0 Å². The second kappa shape index (κ2) is 2.55. The number of thioether (sulfide) groups is 1. The van der Waals surface area contributed by atoms with Crippen LogP contribution in [0.25, 0.3) is 0 Å². The van der Waals surface area contributed by atoms with Gasteiger partial charge in [0.2, 0.25) is 0 Å². The minimum Gasteiger partial charge on any atom is -0.211 e. The minimum atomic E-state index is -5.17. The monoisotopic (exact) mass is 264 g/mol. The lowest BCUT2D eigenvalue weighted by atomic mass is 10.2. The van der Waals surface area contributed by atoms with Gasteiger partial charge in [0.25, 0.3) is 0 Å². The first-order valence-electron chi connectivity index (χ1n) is 2.67. The van der Waals surface area contributed by atoms with Crippen LogP contribution in [0.3, 0.4) is 0 Å². The summed E-state index contributed by atoms with van der Waals surface area (Å²) >= 11 is 7.24. The van der Waals surface area contributed by atoms with Crippen molar-refractivity contribution in [3.8, 4) is 0 Å². The van der Waals surface area contributed by atoms with Crippen molar-refractivity contribution < 1.29 is 26.3 Å². The molecule has 0 saturated carbocycles. The molecule has 0 radical (unpaired) electrons. The zero-order valence-electron chi connectivity index (χ0n) is 5.43. The van der Waals surface area contributed by atoms with Crippen molar-refractivity contribution in [3.63, 3.8) is 0 Å². The van der Waals surface area contributed by atoms with E-state index >= 15 is 0 Å². The van der Waals surface area contributed by atoms with Crippen LogP contribution in [-0.2, 0) is 0 Å². The van der Waals surface area contributed by atoms with Crippen molar-refractivity contribution in [3.05, 3.63) is 0 Å². The highest BCUT2D eigenvalue weighted by atomic mass is 35.5. The Hall–Kier alpha value is 0.510. The average Bonchev–Trinajstić information content (AvgIpc) is 1.88. The molecule has 0 amide bonds. The van der Waals surface area contributed by atoms with E-state index in [1.54, 1.807) is 0 Å². The van der Waals surface area contributed by atoms with Crippen molar-refractivity contribution in [1.29, 1.82) is 0 Å². The maximum atomic E-state index is 12.6. The standard InChI is InChI=1S/C4Cl2F6S/c5-1(7)2(8,9)3(6,10)13-4(1,11)12. The third-order valence-corrected chi connectivity index (χ3v) is 3.49. The molecule has 9 heteroatoms. The van der Waals surface area contributed by atoms with Crippen LogP contribution >= 0.6 is 35.0 Å². The van der Waals surface area contributed by atoms with Gasteiger partial charge in [0.1, 0.15) is 0 Å². The maximum absolute atomic E-state index is 12.6. The van der Waals surface area contributed by atoms with E-state index in [-0.39, 0.29) is 0 Å². The van der Waals surface area contributed by atoms with Crippen molar-refractivity contribution in [2.24, 2.45) is 0 Å². The molecule has 1 fully saturated rings. The van der Waals surface area contributed by atoms with Gasteiger partial charge in [-0.15, -0.1) is 0 Å². The number of halogens is 8. The summed E-state index contributed by atoms with van der Waals surface area (Å²) in [6.07, 6.45) is 0. The van der Waals surface area contributed by atoms with Crippen LogP contribution in [-0.4, -0.2) is 20.8 Å². The van der Waals surface area contributed by atoms with Crippen LogP contribution < -0.4 is 0 Å². The molecule has 0 aromatic carbocycles. The summed E-state index contributed by atoms with van der Waals surface area (Å²) in [5.41, 5.74) is 0. The molecule has 0 aliphatic carbocycles. The molecule has 0 aromatic heterocycles. The summed E-state index contributed by atoms with van der Waals surface area (Å²) in [4.78, 5) is 0. The lowest BCUT2D eigenvalue weighted by Gasteiger charge is -2.24. The minimum absolute atomic E-state index is 1.35. The largest absolute Gasteiger partial charge is 0.359 e. The van der Waals surface area contributed by atoms with Gasteiger partial charge in [0, 0.05) is 0 Å². The van der Waals surface area contributed by atoms with Gasteiger partial charge in [-0.2, -0.15) is 17.6 Å². The van der Waals surface area contributed by atoms with Gasteiger partial charge in [-0.3, -0.25) is 0 Å². The smallest absolute Gasteiger partial charge is 0.211 e. The Balaban J connectivity index is 3.24. The van der Waals surface area contributed by atoms with Crippen molar-refractivity contribution in [2.45, 2.75) is 20.8 Å². The number of alkyl halides is 8. The number of rotatable bonds is 0. The molecule has 1 aliphatic heterocycles. The van der Waals surface area contributed by atoms with Gasteiger partial charge in [0.05, 0.1) is 0 Å². The Kier molecular flexibility index (Phi) is 2.27. The highest BCUT2D eigenvalue weighted by Gasteiger charge is 2.86. The second-order valence-corrected chi connectivity index (χ2v) is 4.83. The molecule has 1 aliphatic rings. The molecular formula is C4Cl2F6S. The maximum Gasteiger partial charge on any atom is 0.359 e. The molecular weight excluding hydrogens is 265 g/mol. The molecule has 1 heterocycles. The van der Waals surface area contributed by atoms with E-state index in [1.807, 2.05) is 0 Å². The SMILES string of the molecule is FC1(F)SC(F)(Cl)C(F)(F)C1(F)Cl. The molecule has 0 N–H and O–H groups in total. The summed E-state index contributed by atoms with van der Waals surface area (Å²) < 4.78 is 70.6. The lowest BCUT2D eigenvalue weighted by molar-refractivity contribution is -0.170. The van der Waals surface area contributed by atoms with Crippen molar-refractivity contribution >= 4 is 35.0 Å². The predicted octanol–water partition coefficient (Wildman–Crippen LogP) is 3.73. The first kappa shape index (κ1) is 11.6. The summed E-state index contributed by atoms with van der Waals surface area (Å²) in [7, 11) is 0. The molecule has 2 atom stereocenters. The van der Waals surface area contributed by atoms with E-state index in [2.05, 4.69) is 23.2 Å². The van der Waals surface area contributed by atoms with Crippen LogP contribution in [0.5, 0.6) is 0 Å². The molecule has 13 heavy (non-hydrogen) atoms. The van der Waals surface area contributed by atoms with E-state index in [1.165, 1.54) is 0 Å². The number of hydrogen-bond donors (Lipinski definition) is 0. The van der Waals surface area contributed by atoms with Gasteiger partial charge in [-0.25, -0.2) is 8.78 Å². The van der Waals surface area contributed by atoms with E-state index < -0.39 is 32.5 Å². The zero-order chi connectivity index (χ0) is 10.7. The molecule has 1 saturated heterocycles. The molecule has 0 bridgehead atoms. The fraction of sp³-hybridized carbons (Fsp3) is 1.00. The van der Waals surface area contributed by atoms with E-state index in [0.29, 0.717) is 0 Å². The Morgan fingerprint density at radius 1 is 0.846 bits per heavy atom. The topological polar surface area (TPSA) is 0 Å². The highest BCUT2D eigenvalue weighted by molar-refractivity contribution is 8.03. The third kappa shape index (κ3) is 1.23. The molecule has 2 unspecified atom stereocenters. The molecule has 0 spiro atoms. The van der Waals surface area contributed by atoms with Gasteiger partial charge in [-0.1, -0.05) is 23.2 Å². The van der Waals surface area contributed by atoms with Crippen LogP contribution in [0, 0.1) is 0 Å². The third-order valence-electron chi connectivity index (χ3n) is 1.38. The Bertz CT molecular complexity index is 215. The van der Waals surface area contributed by atoms with Gasteiger partial charge < -0.3 is 0 Å². The zero-order valence-corrected chi connectivity index (χ0v) is 7.76. The summed E-state index contributed by atoms with van der Waals surface area (Å²) in [6, 6.07) is 0. The first-order chi connectivity index (χ1) is 5.46. The van der Waals surface area contributed by atoms with Crippen LogP contribution in [0.15, 0.2) is 0 Å². The van der Waals surface area contributed by atoms with Gasteiger partial charge >= 0.3 is 20.8 Å². The Morgan fingerprint density at radius 3 is 1.31 bits per heavy atom.